The van der Waals surface area contributed by atoms with Crippen molar-refractivity contribution in [3.05, 3.63) is 34.9 Å². The molecule has 1 aromatic rings. The Morgan fingerprint density at radius 2 is 2.00 bits per heavy atom. The van der Waals surface area contributed by atoms with Gasteiger partial charge in [-0.2, -0.15) is 0 Å². The van der Waals surface area contributed by atoms with E-state index in [1.54, 1.807) is 0 Å². The lowest BCUT2D eigenvalue weighted by Crippen LogP contribution is -1.86. The molecule has 0 aliphatic rings. The molecule has 0 amide bonds. The van der Waals surface area contributed by atoms with E-state index < -0.39 is 0 Å². The first-order valence-electron chi connectivity index (χ1n) is 3.72. The summed E-state index contributed by atoms with van der Waals surface area (Å²) in [5.74, 6) is 0. The molecule has 0 nitrogen and oxygen atoms in total. The van der Waals surface area contributed by atoms with Crippen molar-refractivity contribution in [3.63, 3.8) is 0 Å². The van der Waals surface area contributed by atoms with E-state index >= 15 is 0 Å². The van der Waals surface area contributed by atoms with Gasteiger partial charge in [-0.05, 0) is 43.0 Å². The van der Waals surface area contributed by atoms with Crippen LogP contribution in [-0.2, 0) is 6.42 Å². The molecule has 0 unspecified atom stereocenters. The van der Waals surface area contributed by atoms with Crippen molar-refractivity contribution in [2.24, 2.45) is 0 Å². The van der Waals surface area contributed by atoms with E-state index in [4.69, 9.17) is 0 Å². The fourth-order valence-electron chi connectivity index (χ4n) is 1.10. The van der Waals surface area contributed by atoms with Crippen molar-refractivity contribution in [2.75, 3.05) is 0 Å². The number of benzene rings is 1. The summed E-state index contributed by atoms with van der Waals surface area (Å²) in [4.78, 5) is 0. The summed E-state index contributed by atoms with van der Waals surface area (Å²) < 4.78 is 0. The highest BCUT2D eigenvalue weighted by Gasteiger charge is 1.94. The molecule has 0 saturated carbocycles. The van der Waals surface area contributed by atoms with Crippen LogP contribution in [0.5, 0.6) is 0 Å². The summed E-state index contributed by atoms with van der Waals surface area (Å²) in [7, 11) is 0. The van der Waals surface area contributed by atoms with Gasteiger partial charge in [-0.15, -0.1) is 0 Å². The molecule has 0 heteroatoms. The lowest BCUT2D eigenvalue weighted by Gasteiger charge is -2.01. The molecule has 0 aliphatic carbocycles. The van der Waals surface area contributed by atoms with E-state index in [0.29, 0.717) is 0 Å². The van der Waals surface area contributed by atoms with Crippen LogP contribution in [0.25, 0.3) is 0 Å². The third-order valence-corrected chi connectivity index (χ3v) is 1.76. The minimum atomic E-state index is 1.09. The van der Waals surface area contributed by atoms with Gasteiger partial charge >= 0.3 is 0 Å². The van der Waals surface area contributed by atoms with Crippen LogP contribution >= 0.6 is 0 Å². The van der Waals surface area contributed by atoms with Gasteiger partial charge in [0.25, 0.3) is 0 Å². The van der Waals surface area contributed by atoms with Gasteiger partial charge in [-0.25, -0.2) is 0 Å². The molecule has 0 fully saturated rings. The van der Waals surface area contributed by atoms with Gasteiger partial charge in [0.15, 0.2) is 0 Å². The summed E-state index contributed by atoms with van der Waals surface area (Å²) in [6.07, 6.45) is 1.09. The Morgan fingerprint density at radius 3 is 2.50 bits per heavy atom. The van der Waals surface area contributed by atoms with E-state index in [1.807, 2.05) is 0 Å². The van der Waals surface area contributed by atoms with Gasteiger partial charge in [0, 0.05) is 0 Å². The fourth-order valence-corrected chi connectivity index (χ4v) is 1.10. The fraction of sp³-hybridized carbons (Fsp3) is 0.400. The average molecular weight is 133 g/mol. The van der Waals surface area contributed by atoms with E-state index in [0.717, 1.165) is 6.42 Å². The molecule has 0 N–H and O–H groups in total. The maximum atomic E-state index is 3.33. The lowest BCUT2D eigenvalue weighted by molar-refractivity contribution is 1.10. The molecule has 53 valence electrons. The molecule has 0 atom stereocenters. The molecule has 1 radical (unpaired) electrons. The largest absolute Gasteiger partial charge is 0.0613 e. The van der Waals surface area contributed by atoms with Gasteiger partial charge in [-0.1, -0.05) is 19.1 Å². The van der Waals surface area contributed by atoms with Crippen LogP contribution in [0.4, 0.5) is 0 Å². The third kappa shape index (κ3) is 1.38. The predicted molar refractivity (Wildman–Crippen MR) is 44.1 cm³/mol. The summed E-state index contributed by atoms with van der Waals surface area (Å²) in [5, 5.41) is 0. The first kappa shape index (κ1) is 7.33. The standard InChI is InChI=1S/C10H13/c1-4-10-7-8(2)5-6-9(10)3/h5-6H,4H2,1-3H3. The molecular weight excluding hydrogens is 120 g/mol. The SMILES string of the molecule is CCc1[c]c(C)ccc1C. The van der Waals surface area contributed by atoms with Gasteiger partial charge in [0.1, 0.15) is 0 Å². The quantitative estimate of drug-likeness (QED) is 0.552. The van der Waals surface area contributed by atoms with Crippen LogP contribution in [0.15, 0.2) is 12.1 Å². The van der Waals surface area contributed by atoms with Crippen LogP contribution in [0.2, 0.25) is 0 Å². The van der Waals surface area contributed by atoms with Crippen molar-refractivity contribution in [2.45, 2.75) is 27.2 Å². The monoisotopic (exact) mass is 133 g/mol. The Labute approximate surface area is 62.9 Å². The second-order valence-electron chi connectivity index (χ2n) is 2.66. The van der Waals surface area contributed by atoms with Crippen LogP contribution in [0.1, 0.15) is 23.6 Å². The van der Waals surface area contributed by atoms with Gasteiger partial charge in [-0.3, -0.25) is 0 Å². The first-order chi connectivity index (χ1) is 4.74. The van der Waals surface area contributed by atoms with Crippen molar-refractivity contribution in [1.29, 1.82) is 0 Å². The second kappa shape index (κ2) is 2.87. The minimum Gasteiger partial charge on any atom is -0.0613 e. The Hall–Kier alpha value is -0.780. The Bertz CT molecular complexity index is 223. The van der Waals surface area contributed by atoms with Gasteiger partial charge in [0.2, 0.25) is 0 Å². The summed E-state index contributed by atoms with van der Waals surface area (Å²) >= 11 is 0. The zero-order valence-electron chi connectivity index (χ0n) is 6.86. The maximum absolute atomic E-state index is 3.33. The Balaban J connectivity index is 3.09. The second-order valence-corrected chi connectivity index (χ2v) is 2.66. The number of hydrogen-bond acceptors (Lipinski definition) is 0. The van der Waals surface area contributed by atoms with Gasteiger partial charge < -0.3 is 0 Å². The molecule has 1 rings (SSSR count). The van der Waals surface area contributed by atoms with E-state index in [1.165, 1.54) is 16.7 Å². The van der Waals surface area contributed by atoms with Crippen LogP contribution in [0, 0.1) is 19.9 Å². The highest BCUT2D eigenvalue weighted by atomic mass is 14.0. The highest BCUT2D eigenvalue weighted by Crippen LogP contribution is 2.09. The predicted octanol–water partition coefficient (Wildman–Crippen LogP) is 2.67. The molecule has 1 aromatic carbocycles. The van der Waals surface area contributed by atoms with Crippen LogP contribution in [-0.4, -0.2) is 0 Å². The molecule has 0 aliphatic heterocycles. The molecule has 0 bridgehead atoms. The van der Waals surface area contributed by atoms with Crippen molar-refractivity contribution in [1.82, 2.24) is 0 Å². The number of aryl methyl sites for hydroxylation is 3. The Morgan fingerprint density at radius 1 is 1.30 bits per heavy atom. The zero-order chi connectivity index (χ0) is 7.56. The number of rotatable bonds is 1. The highest BCUT2D eigenvalue weighted by molar-refractivity contribution is 5.28. The number of hydrogen-bond donors (Lipinski definition) is 0. The summed E-state index contributed by atoms with van der Waals surface area (Å²) in [5.41, 5.74) is 3.94. The molecule has 10 heavy (non-hydrogen) atoms. The van der Waals surface area contributed by atoms with E-state index in [-0.39, 0.29) is 0 Å². The van der Waals surface area contributed by atoms with E-state index in [2.05, 4.69) is 39.0 Å². The zero-order valence-corrected chi connectivity index (χ0v) is 6.86. The van der Waals surface area contributed by atoms with Gasteiger partial charge in [0.05, 0.1) is 0 Å². The van der Waals surface area contributed by atoms with Crippen molar-refractivity contribution >= 4 is 0 Å². The average Bonchev–Trinajstić information content (AvgIpc) is 1.94. The summed E-state index contributed by atoms with van der Waals surface area (Å²) in [6.45, 7) is 6.38. The normalized spacial score (nSPS) is 9.90. The maximum Gasteiger partial charge on any atom is -0.0115 e. The molecule has 0 saturated heterocycles. The molecular formula is C10H13. The third-order valence-electron chi connectivity index (χ3n) is 1.76. The van der Waals surface area contributed by atoms with Crippen LogP contribution in [0.3, 0.4) is 0 Å². The minimum absolute atomic E-state index is 1.09. The smallest absolute Gasteiger partial charge is 0.0115 e. The molecule has 0 spiro atoms. The molecule has 0 heterocycles. The first-order valence-corrected chi connectivity index (χ1v) is 3.72. The van der Waals surface area contributed by atoms with Crippen molar-refractivity contribution < 1.29 is 0 Å². The van der Waals surface area contributed by atoms with Crippen LogP contribution < -0.4 is 0 Å². The Kier molecular flexibility index (Phi) is 2.10. The van der Waals surface area contributed by atoms with Crippen molar-refractivity contribution in [3.8, 4) is 0 Å². The van der Waals surface area contributed by atoms with E-state index in [9.17, 15) is 0 Å². The summed E-state index contributed by atoms with van der Waals surface area (Å²) in [6, 6.07) is 7.59. The molecule has 0 aromatic heterocycles. The lowest BCUT2D eigenvalue weighted by atomic mass is 10.0. The topological polar surface area (TPSA) is 0 Å².